The van der Waals surface area contributed by atoms with E-state index in [1.165, 1.54) is 4.31 Å². The van der Waals surface area contributed by atoms with Crippen molar-refractivity contribution in [3.8, 4) is 0 Å². The Labute approximate surface area is 241 Å². The number of benzene rings is 2. The molecule has 1 aromatic heterocycles. The zero-order valence-corrected chi connectivity index (χ0v) is 24.0. The number of furan rings is 1. The summed E-state index contributed by atoms with van der Waals surface area (Å²) in [6, 6.07) is 7.88. The van der Waals surface area contributed by atoms with Gasteiger partial charge in [0.25, 0.3) is 11.8 Å². The van der Waals surface area contributed by atoms with Crippen LogP contribution in [-0.4, -0.2) is 67.7 Å². The summed E-state index contributed by atoms with van der Waals surface area (Å²) < 4.78 is 30.6. The molecule has 1 N–H and O–H groups in total. The van der Waals surface area contributed by atoms with Gasteiger partial charge in [-0.15, -0.1) is 0 Å². The molecule has 2 aliphatic heterocycles. The van der Waals surface area contributed by atoms with Crippen molar-refractivity contribution in [2.24, 2.45) is 0 Å². The molecule has 0 radical (unpaired) electrons. The van der Waals surface area contributed by atoms with Crippen molar-refractivity contribution in [1.29, 1.82) is 0 Å². The van der Waals surface area contributed by atoms with Gasteiger partial charge in [0.05, 0.1) is 34.2 Å². The minimum Gasteiger partial charge on any atom is -0.464 e. The van der Waals surface area contributed by atoms with E-state index in [4.69, 9.17) is 27.6 Å². The lowest BCUT2D eigenvalue weighted by Gasteiger charge is -2.30. The number of nitrogens with zero attached hydrogens (tertiary/aromatic N) is 2. The third-order valence-corrected chi connectivity index (χ3v) is 9.21. The molecule has 210 valence electrons. The minimum atomic E-state index is -3.37. The number of carbonyl (C=O) groups excluding carboxylic acids is 3. The molecule has 0 saturated heterocycles. The molecular weight excluding hydrogens is 577 g/mol. The normalized spacial score (nSPS) is 16.8. The van der Waals surface area contributed by atoms with E-state index >= 15 is 0 Å². The Morgan fingerprint density at radius 1 is 1.15 bits per heavy atom. The van der Waals surface area contributed by atoms with Gasteiger partial charge in [0, 0.05) is 37.1 Å². The molecule has 0 saturated carbocycles. The van der Waals surface area contributed by atoms with Crippen LogP contribution in [0.4, 0.5) is 0 Å². The third-order valence-electron chi connectivity index (χ3n) is 7.24. The fourth-order valence-corrected chi connectivity index (χ4v) is 6.77. The van der Waals surface area contributed by atoms with Crippen LogP contribution in [0.1, 0.15) is 44.7 Å². The van der Waals surface area contributed by atoms with Gasteiger partial charge in [-0.1, -0.05) is 40.9 Å². The number of carbonyl (C=O) groups is 3. The molecule has 40 heavy (non-hydrogen) atoms. The molecule has 0 unspecified atom stereocenters. The second-order valence-electron chi connectivity index (χ2n) is 10.0. The molecule has 0 fully saturated rings. The number of hydrogen-bond donors (Lipinski definition) is 1. The first-order valence-corrected chi connectivity index (χ1v) is 15.3. The minimum absolute atomic E-state index is 0.0624. The van der Waals surface area contributed by atoms with Crippen molar-refractivity contribution in [2.45, 2.75) is 31.8 Å². The lowest BCUT2D eigenvalue weighted by Crippen LogP contribution is -2.40. The number of fused-ring (bicyclic) bond motifs is 2. The topological polar surface area (TPSA) is 117 Å². The highest BCUT2D eigenvalue weighted by molar-refractivity contribution is 7.88. The number of hydrogen-bond acceptors (Lipinski definition) is 6. The van der Waals surface area contributed by atoms with Crippen LogP contribution in [0.5, 0.6) is 0 Å². The summed E-state index contributed by atoms with van der Waals surface area (Å²) in [4.78, 5) is 39.9. The highest BCUT2D eigenvalue weighted by atomic mass is 35.5. The van der Waals surface area contributed by atoms with E-state index in [1.54, 1.807) is 29.4 Å². The van der Waals surface area contributed by atoms with Crippen molar-refractivity contribution in [3.05, 3.63) is 80.5 Å². The molecule has 0 spiro atoms. The molecule has 9 nitrogen and oxygen atoms in total. The molecule has 2 aromatic carbocycles. The first kappa shape index (κ1) is 28.4. The summed E-state index contributed by atoms with van der Waals surface area (Å²) in [5.41, 5.74) is 3.41. The molecule has 12 heteroatoms. The first-order chi connectivity index (χ1) is 19.0. The van der Waals surface area contributed by atoms with Crippen LogP contribution in [0, 0.1) is 0 Å². The van der Waals surface area contributed by atoms with E-state index in [-0.39, 0.29) is 41.0 Å². The second-order valence-corrected chi connectivity index (χ2v) is 12.8. The van der Waals surface area contributed by atoms with Crippen molar-refractivity contribution in [1.82, 2.24) is 14.5 Å². The van der Waals surface area contributed by atoms with Crippen molar-refractivity contribution in [2.75, 3.05) is 25.9 Å². The Bertz CT molecular complexity index is 1650. The summed E-state index contributed by atoms with van der Waals surface area (Å²) >= 11 is 13.2. The molecule has 5 rings (SSSR count). The fraction of sp³-hybridized carbons (Fsp3) is 0.321. The number of sulfonamides is 1. The quantitative estimate of drug-likeness (QED) is 0.319. The number of halogens is 2. The number of nitrogens with one attached hydrogen (secondary N) is 1. The van der Waals surface area contributed by atoms with E-state index in [0.29, 0.717) is 43.4 Å². The highest BCUT2D eigenvalue weighted by Crippen LogP contribution is 2.35. The van der Waals surface area contributed by atoms with Gasteiger partial charge in [-0.2, -0.15) is 4.31 Å². The Morgan fingerprint density at radius 3 is 2.70 bits per heavy atom. The van der Waals surface area contributed by atoms with E-state index < -0.39 is 22.0 Å². The first-order valence-electron chi connectivity index (χ1n) is 12.7. The number of rotatable bonds is 7. The maximum atomic E-state index is 13.2. The Kier molecular flexibility index (Phi) is 8.05. The monoisotopic (exact) mass is 603 g/mol. The molecule has 2 aliphatic rings. The van der Waals surface area contributed by atoms with Gasteiger partial charge in [0.15, 0.2) is 0 Å². The van der Waals surface area contributed by atoms with Crippen LogP contribution in [0.2, 0.25) is 10.0 Å². The zero-order chi connectivity index (χ0) is 28.6. The third kappa shape index (κ3) is 5.81. The maximum absolute atomic E-state index is 13.2. The highest BCUT2D eigenvalue weighted by Gasteiger charge is 2.29. The second kappa shape index (κ2) is 11.4. The van der Waals surface area contributed by atoms with Gasteiger partial charge >= 0.3 is 0 Å². The van der Waals surface area contributed by atoms with Gasteiger partial charge in [-0.25, -0.2) is 8.42 Å². The smallest absolute Gasteiger partial charge is 0.254 e. The van der Waals surface area contributed by atoms with E-state index in [2.05, 4.69) is 5.32 Å². The lowest BCUT2D eigenvalue weighted by molar-refractivity contribution is -0.109. The summed E-state index contributed by atoms with van der Waals surface area (Å²) in [6.07, 6.45) is 6.34. The van der Waals surface area contributed by atoms with Gasteiger partial charge in [0.2, 0.25) is 10.0 Å². The van der Waals surface area contributed by atoms with Crippen LogP contribution >= 0.6 is 23.2 Å². The largest absolute Gasteiger partial charge is 0.464 e. The van der Waals surface area contributed by atoms with Crippen LogP contribution < -0.4 is 5.32 Å². The fourth-order valence-electron chi connectivity index (χ4n) is 5.17. The Balaban J connectivity index is 1.30. The van der Waals surface area contributed by atoms with Crippen LogP contribution in [0.15, 0.2) is 52.7 Å². The number of aldehydes is 1. The summed E-state index contributed by atoms with van der Waals surface area (Å²) in [5.74, 6) is -0.755. The Hall–Kier alpha value is -3.18. The van der Waals surface area contributed by atoms with E-state index in [1.807, 2.05) is 18.2 Å². The molecule has 0 aliphatic carbocycles. The lowest BCUT2D eigenvalue weighted by atomic mass is 9.95. The van der Waals surface area contributed by atoms with Gasteiger partial charge in [-0.3, -0.25) is 9.59 Å². The molecule has 3 aromatic rings. The predicted molar refractivity (Wildman–Crippen MR) is 152 cm³/mol. The molecule has 2 amide bonds. The van der Waals surface area contributed by atoms with Crippen molar-refractivity contribution >= 4 is 62.3 Å². The van der Waals surface area contributed by atoms with Crippen molar-refractivity contribution in [3.63, 3.8) is 0 Å². The van der Waals surface area contributed by atoms with Gasteiger partial charge < -0.3 is 19.4 Å². The molecular formula is C28H27Cl2N3O6S. The van der Waals surface area contributed by atoms with Crippen LogP contribution in [0.25, 0.3) is 11.0 Å². The van der Waals surface area contributed by atoms with Gasteiger partial charge in [0.1, 0.15) is 11.9 Å². The molecule has 0 bridgehead atoms. The number of amides is 2. The predicted octanol–water partition coefficient (Wildman–Crippen LogP) is 4.22. The standard InChI is InChI=1S/C28H27Cl2N3O6S/c1-40(37,38)33-8-2-3-17(14-33)11-21(16-34)31-27(35)25-23(29)12-20-15-32(9-6-22(20)26(25)30)28(36)19-5-4-18-7-10-39-24(18)13-19/h3-5,7,10,12-13,16,21H,2,6,8-9,11,14-15H2,1H3,(H,31,35)/t21-/m0/s1. The molecule has 3 heterocycles. The average Bonchev–Trinajstić information content (AvgIpc) is 3.39. The molecule has 1 atom stereocenters. The van der Waals surface area contributed by atoms with E-state index in [0.717, 1.165) is 28.3 Å². The van der Waals surface area contributed by atoms with Crippen LogP contribution in [-0.2, 0) is 27.8 Å². The van der Waals surface area contributed by atoms with Gasteiger partial charge in [-0.05, 0) is 54.7 Å². The average molecular weight is 605 g/mol. The van der Waals surface area contributed by atoms with Crippen LogP contribution in [0.3, 0.4) is 0 Å². The summed E-state index contributed by atoms with van der Waals surface area (Å²) in [6.45, 7) is 1.22. The van der Waals surface area contributed by atoms with E-state index in [9.17, 15) is 22.8 Å². The SMILES string of the molecule is CS(=O)(=O)N1CCC=C(C[C@@H](C=O)NC(=O)c2c(Cl)cc3c(c2Cl)CCN(C(=O)c2ccc4ccoc4c2)C3)C1. The van der Waals surface area contributed by atoms with Crippen molar-refractivity contribution < 1.29 is 27.2 Å². The Morgan fingerprint density at radius 2 is 1.95 bits per heavy atom. The zero-order valence-electron chi connectivity index (χ0n) is 21.7. The maximum Gasteiger partial charge on any atom is 0.254 e. The summed E-state index contributed by atoms with van der Waals surface area (Å²) in [5, 5.41) is 3.88. The summed E-state index contributed by atoms with van der Waals surface area (Å²) in [7, 11) is -3.37.